The molecular weight excluding hydrogens is 534 g/mol. The highest BCUT2D eigenvalue weighted by Gasteiger charge is 2.17. The number of fused-ring (bicyclic) bond motifs is 9. The minimum Gasteiger partial charge on any atom is -0.344 e. The summed E-state index contributed by atoms with van der Waals surface area (Å²) in [5.74, 6) is 0. The summed E-state index contributed by atoms with van der Waals surface area (Å²) in [4.78, 5) is 0. The Morgan fingerprint density at radius 1 is 0.341 bits per heavy atom. The molecule has 0 aliphatic heterocycles. The van der Waals surface area contributed by atoms with E-state index < -0.39 is 0 Å². The lowest BCUT2D eigenvalue weighted by Gasteiger charge is -2.10. The molecule has 0 bridgehead atoms. The zero-order valence-electron chi connectivity index (χ0n) is 25.7. The highest BCUT2D eigenvalue weighted by atomic mass is 15.0. The smallest absolute Gasteiger partial charge is 0.0541 e. The van der Waals surface area contributed by atoms with Crippen LogP contribution >= 0.6 is 0 Å². The van der Waals surface area contributed by atoms with Crippen LogP contribution in [0.3, 0.4) is 0 Å². The summed E-state index contributed by atoms with van der Waals surface area (Å²) in [5, 5.41) is 7.79. The number of nitrogens with zero attached hydrogens (tertiary/aromatic N) is 3. The van der Waals surface area contributed by atoms with Crippen molar-refractivity contribution in [1.29, 1.82) is 0 Å². The standard InChI is InChI=1S/C41H33N3/c1-24-6-12-36-30(18-24)33-21-27(9-15-38(33)42(36)4)28-10-16-41-34(22-28)32-20-26(3)8-14-40(32)44(41)29-11-17-39-35(23-29)31-19-25(2)7-13-37(31)43(39)5/h6-23H,1-5H3. The van der Waals surface area contributed by atoms with Crippen molar-refractivity contribution in [2.45, 2.75) is 20.8 Å². The topological polar surface area (TPSA) is 14.8 Å². The molecule has 0 fully saturated rings. The molecule has 0 amide bonds. The van der Waals surface area contributed by atoms with Gasteiger partial charge in [0, 0.05) is 74.2 Å². The van der Waals surface area contributed by atoms with Gasteiger partial charge in [-0.2, -0.15) is 0 Å². The van der Waals surface area contributed by atoms with E-state index in [1.165, 1.54) is 98.9 Å². The zero-order chi connectivity index (χ0) is 29.9. The van der Waals surface area contributed by atoms with Crippen molar-refractivity contribution in [3.05, 3.63) is 126 Å². The molecule has 0 saturated heterocycles. The molecule has 0 atom stereocenters. The maximum atomic E-state index is 2.44. The van der Waals surface area contributed by atoms with Crippen molar-refractivity contribution >= 4 is 65.4 Å². The number of benzene rings is 6. The minimum atomic E-state index is 1.19. The second-order valence-corrected chi connectivity index (χ2v) is 12.7. The van der Waals surface area contributed by atoms with E-state index in [1.54, 1.807) is 0 Å². The van der Waals surface area contributed by atoms with E-state index in [1.807, 2.05) is 0 Å². The van der Waals surface area contributed by atoms with Gasteiger partial charge in [-0.25, -0.2) is 0 Å². The van der Waals surface area contributed by atoms with Crippen molar-refractivity contribution in [3.63, 3.8) is 0 Å². The molecule has 0 aliphatic carbocycles. The Morgan fingerprint density at radius 3 is 1.20 bits per heavy atom. The summed E-state index contributed by atoms with van der Waals surface area (Å²) >= 11 is 0. The summed E-state index contributed by atoms with van der Waals surface area (Å²) in [6.07, 6.45) is 0. The van der Waals surface area contributed by atoms with E-state index in [-0.39, 0.29) is 0 Å². The molecule has 6 aromatic carbocycles. The second-order valence-electron chi connectivity index (χ2n) is 12.7. The van der Waals surface area contributed by atoms with Crippen LogP contribution in [0.4, 0.5) is 0 Å². The Hall–Kier alpha value is -5.28. The molecule has 212 valence electrons. The number of aromatic nitrogens is 3. The maximum absolute atomic E-state index is 2.44. The molecule has 0 unspecified atom stereocenters. The van der Waals surface area contributed by atoms with Gasteiger partial charge in [0.2, 0.25) is 0 Å². The molecule has 3 aromatic heterocycles. The van der Waals surface area contributed by atoms with E-state index in [2.05, 4.69) is 158 Å². The van der Waals surface area contributed by atoms with Crippen LogP contribution in [-0.2, 0) is 14.1 Å². The maximum Gasteiger partial charge on any atom is 0.0541 e. The fourth-order valence-electron chi connectivity index (χ4n) is 7.57. The molecule has 44 heavy (non-hydrogen) atoms. The van der Waals surface area contributed by atoms with E-state index in [0.717, 1.165) is 0 Å². The third-order valence-electron chi connectivity index (χ3n) is 9.82. The average molecular weight is 568 g/mol. The van der Waals surface area contributed by atoms with Gasteiger partial charge in [-0.15, -0.1) is 0 Å². The van der Waals surface area contributed by atoms with Gasteiger partial charge in [-0.05, 0) is 111 Å². The van der Waals surface area contributed by atoms with Crippen molar-refractivity contribution in [2.75, 3.05) is 0 Å². The van der Waals surface area contributed by atoms with Crippen LogP contribution in [0.15, 0.2) is 109 Å². The quantitative estimate of drug-likeness (QED) is 0.197. The summed E-state index contributed by atoms with van der Waals surface area (Å²) in [5.41, 5.74) is 15.0. The Bertz CT molecular complexity index is 2660. The van der Waals surface area contributed by atoms with Crippen LogP contribution in [0.5, 0.6) is 0 Å². The molecule has 0 radical (unpaired) electrons. The van der Waals surface area contributed by atoms with Crippen LogP contribution in [0.25, 0.3) is 82.2 Å². The summed E-state index contributed by atoms with van der Waals surface area (Å²) in [6, 6.07) is 41.2. The molecular formula is C41H33N3. The normalized spacial score (nSPS) is 12.2. The number of rotatable bonds is 2. The Labute approximate surface area is 256 Å². The first-order valence-corrected chi connectivity index (χ1v) is 15.4. The van der Waals surface area contributed by atoms with Gasteiger partial charge in [-0.1, -0.05) is 47.0 Å². The Balaban J connectivity index is 1.28. The van der Waals surface area contributed by atoms with Gasteiger partial charge >= 0.3 is 0 Å². The third-order valence-corrected chi connectivity index (χ3v) is 9.82. The first-order chi connectivity index (χ1) is 21.4. The van der Waals surface area contributed by atoms with E-state index in [9.17, 15) is 0 Å². The minimum absolute atomic E-state index is 1.19. The largest absolute Gasteiger partial charge is 0.344 e. The highest BCUT2D eigenvalue weighted by Crippen LogP contribution is 2.39. The first-order valence-electron chi connectivity index (χ1n) is 15.4. The molecule has 9 rings (SSSR count). The molecule has 3 heterocycles. The van der Waals surface area contributed by atoms with Crippen molar-refractivity contribution in [2.24, 2.45) is 14.1 Å². The SMILES string of the molecule is Cc1ccc2c(c1)c1cc(-c3ccc4c(c3)c3cc(C)ccc3n4-c3ccc4c(c3)c3cc(C)ccc3n4C)ccc1n2C. The summed E-state index contributed by atoms with van der Waals surface area (Å²) in [7, 11) is 4.33. The number of hydrogen-bond donors (Lipinski definition) is 0. The van der Waals surface area contributed by atoms with Crippen LogP contribution in [0, 0.1) is 20.8 Å². The van der Waals surface area contributed by atoms with Gasteiger partial charge in [0.15, 0.2) is 0 Å². The molecule has 0 N–H and O–H groups in total. The Kier molecular flexibility index (Phi) is 5.09. The predicted octanol–water partition coefficient (Wildman–Crippen LogP) is 10.7. The van der Waals surface area contributed by atoms with Crippen LogP contribution in [0.1, 0.15) is 16.7 Å². The number of hydrogen-bond acceptors (Lipinski definition) is 0. The molecule has 3 nitrogen and oxygen atoms in total. The molecule has 0 saturated carbocycles. The average Bonchev–Trinajstić information content (AvgIpc) is 3.60. The molecule has 0 spiro atoms. The zero-order valence-corrected chi connectivity index (χ0v) is 25.7. The fourth-order valence-corrected chi connectivity index (χ4v) is 7.57. The fraction of sp³-hybridized carbons (Fsp3) is 0.122. The van der Waals surface area contributed by atoms with Gasteiger partial charge < -0.3 is 13.7 Å². The lowest BCUT2D eigenvalue weighted by atomic mass is 10.00. The lowest BCUT2D eigenvalue weighted by molar-refractivity contribution is 1.01. The van der Waals surface area contributed by atoms with E-state index >= 15 is 0 Å². The molecule has 3 heteroatoms. The molecule has 0 aliphatic rings. The van der Waals surface area contributed by atoms with Crippen molar-refractivity contribution in [1.82, 2.24) is 13.7 Å². The first kappa shape index (κ1) is 25.2. The summed E-state index contributed by atoms with van der Waals surface area (Å²) in [6.45, 7) is 6.54. The van der Waals surface area contributed by atoms with Crippen LogP contribution in [-0.4, -0.2) is 13.7 Å². The van der Waals surface area contributed by atoms with Gasteiger partial charge in [-0.3, -0.25) is 0 Å². The summed E-state index contributed by atoms with van der Waals surface area (Å²) < 4.78 is 7.06. The van der Waals surface area contributed by atoms with Gasteiger partial charge in [0.25, 0.3) is 0 Å². The lowest BCUT2D eigenvalue weighted by Crippen LogP contribution is -1.94. The van der Waals surface area contributed by atoms with E-state index in [4.69, 9.17) is 0 Å². The Morgan fingerprint density at radius 2 is 0.682 bits per heavy atom. The highest BCUT2D eigenvalue weighted by molar-refractivity contribution is 6.13. The van der Waals surface area contributed by atoms with Crippen molar-refractivity contribution < 1.29 is 0 Å². The monoisotopic (exact) mass is 567 g/mol. The molecule has 9 aromatic rings. The van der Waals surface area contributed by atoms with Gasteiger partial charge in [0.05, 0.1) is 11.0 Å². The second kappa shape index (κ2) is 8.87. The predicted molar refractivity (Wildman–Crippen MR) is 188 cm³/mol. The van der Waals surface area contributed by atoms with Crippen molar-refractivity contribution in [3.8, 4) is 16.8 Å². The van der Waals surface area contributed by atoms with Gasteiger partial charge in [0.1, 0.15) is 0 Å². The van der Waals surface area contributed by atoms with Crippen LogP contribution < -0.4 is 0 Å². The third kappa shape index (κ3) is 3.44. The van der Waals surface area contributed by atoms with Crippen LogP contribution in [0.2, 0.25) is 0 Å². The number of aryl methyl sites for hydroxylation is 5. The van der Waals surface area contributed by atoms with E-state index in [0.29, 0.717) is 0 Å².